The first kappa shape index (κ1) is 26.8. The molecule has 3 N–H and O–H groups in total. The molecule has 0 unspecified atom stereocenters. The predicted molar refractivity (Wildman–Crippen MR) is 154 cm³/mol. The molecule has 7 heteroatoms. The maximum absolute atomic E-state index is 13.6. The van der Waals surface area contributed by atoms with Crippen molar-refractivity contribution >= 4 is 35.0 Å². The SMILES string of the molecule is CC1=C(C(=O)Nc2ccccc2C)[C@H](c2ccccc2)C(C#N)=C(SCC(=O)Nc2cc(C)ccc2C)N1. The largest absolute Gasteiger partial charge is 0.353 e. The van der Waals surface area contributed by atoms with Crippen LogP contribution in [0.15, 0.2) is 94.7 Å². The number of nitrogens with zero attached hydrogens (tertiary/aromatic N) is 1. The van der Waals surface area contributed by atoms with Crippen LogP contribution in [0.4, 0.5) is 11.4 Å². The van der Waals surface area contributed by atoms with Crippen molar-refractivity contribution in [1.82, 2.24) is 5.32 Å². The number of dihydropyridines is 1. The van der Waals surface area contributed by atoms with Gasteiger partial charge in [-0.2, -0.15) is 5.26 Å². The molecular weight excluding hydrogens is 492 g/mol. The van der Waals surface area contributed by atoms with E-state index in [1.165, 1.54) is 11.8 Å². The number of hydrogen-bond acceptors (Lipinski definition) is 5. The zero-order valence-electron chi connectivity index (χ0n) is 21.9. The summed E-state index contributed by atoms with van der Waals surface area (Å²) in [7, 11) is 0. The number of thioether (sulfide) groups is 1. The van der Waals surface area contributed by atoms with Gasteiger partial charge in [0, 0.05) is 22.6 Å². The van der Waals surface area contributed by atoms with E-state index in [9.17, 15) is 14.9 Å². The van der Waals surface area contributed by atoms with Crippen LogP contribution in [-0.4, -0.2) is 17.6 Å². The van der Waals surface area contributed by atoms with Crippen molar-refractivity contribution in [2.24, 2.45) is 0 Å². The lowest BCUT2D eigenvalue weighted by Gasteiger charge is -2.30. The fourth-order valence-corrected chi connectivity index (χ4v) is 5.30. The van der Waals surface area contributed by atoms with Crippen LogP contribution in [-0.2, 0) is 9.59 Å². The maximum Gasteiger partial charge on any atom is 0.254 e. The van der Waals surface area contributed by atoms with Crippen LogP contribution >= 0.6 is 11.8 Å². The Hall–Kier alpha value is -4.28. The number of nitriles is 1. The minimum Gasteiger partial charge on any atom is -0.353 e. The summed E-state index contributed by atoms with van der Waals surface area (Å²) in [6.45, 7) is 7.69. The molecule has 192 valence electrons. The number of hydrogen-bond donors (Lipinski definition) is 3. The van der Waals surface area contributed by atoms with Crippen molar-refractivity contribution in [2.45, 2.75) is 33.6 Å². The number of carbonyl (C=O) groups excluding carboxylic acids is 2. The average molecular weight is 523 g/mol. The van der Waals surface area contributed by atoms with Gasteiger partial charge in [-0.05, 0) is 62.1 Å². The van der Waals surface area contributed by atoms with Gasteiger partial charge in [0.25, 0.3) is 5.91 Å². The van der Waals surface area contributed by atoms with E-state index in [0.717, 1.165) is 33.6 Å². The Morgan fingerprint density at radius 2 is 1.58 bits per heavy atom. The summed E-state index contributed by atoms with van der Waals surface area (Å²) >= 11 is 1.26. The molecule has 38 heavy (non-hydrogen) atoms. The molecule has 3 aromatic rings. The molecule has 1 aliphatic heterocycles. The number of amides is 2. The Bertz CT molecular complexity index is 1490. The van der Waals surface area contributed by atoms with E-state index in [2.05, 4.69) is 22.0 Å². The topological polar surface area (TPSA) is 94.0 Å². The minimum atomic E-state index is -0.573. The molecule has 0 saturated carbocycles. The second-order valence-corrected chi connectivity index (χ2v) is 10.3. The molecule has 0 radical (unpaired) electrons. The molecule has 0 saturated heterocycles. The van der Waals surface area contributed by atoms with Gasteiger partial charge in [0.2, 0.25) is 5.91 Å². The third-order valence-electron chi connectivity index (χ3n) is 6.43. The summed E-state index contributed by atoms with van der Waals surface area (Å²) in [5.74, 6) is -0.907. The van der Waals surface area contributed by atoms with Crippen molar-refractivity contribution < 1.29 is 9.59 Å². The van der Waals surface area contributed by atoms with Crippen LogP contribution in [0.25, 0.3) is 0 Å². The van der Waals surface area contributed by atoms with E-state index in [0.29, 0.717) is 21.9 Å². The van der Waals surface area contributed by atoms with Crippen LogP contribution < -0.4 is 16.0 Å². The van der Waals surface area contributed by atoms with Crippen LogP contribution in [0.1, 0.15) is 35.1 Å². The maximum atomic E-state index is 13.6. The second kappa shape index (κ2) is 11.8. The molecule has 0 aromatic heterocycles. The average Bonchev–Trinajstić information content (AvgIpc) is 2.90. The zero-order chi connectivity index (χ0) is 27.2. The molecule has 1 heterocycles. The molecule has 0 fully saturated rings. The van der Waals surface area contributed by atoms with E-state index >= 15 is 0 Å². The lowest BCUT2D eigenvalue weighted by Crippen LogP contribution is -2.31. The monoisotopic (exact) mass is 522 g/mol. The lowest BCUT2D eigenvalue weighted by molar-refractivity contribution is -0.114. The van der Waals surface area contributed by atoms with Crippen molar-refractivity contribution in [3.8, 4) is 6.07 Å². The molecule has 0 aliphatic carbocycles. The van der Waals surface area contributed by atoms with Gasteiger partial charge in [-0.25, -0.2) is 0 Å². The number of rotatable bonds is 7. The molecular formula is C31H30N4O2S. The fraction of sp³-hybridized carbons (Fsp3) is 0.194. The van der Waals surface area contributed by atoms with Gasteiger partial charge in [-0.15, -0.1) is 0 Å². The van der Waals surface area contributed by atoms with Crippen LogP contribution in [0.3, 0.4) is 0 Å². The first-order valence-corrected chi connectivity index (χ1v) is 13.3. The highest BCUT2D eigenvalue weighted by Gasteiger charge is 2.35. The Kier molecular flexibility index (Phi) is 8.35. The predicted octanol–water partition coefficient (Wildman–Crippen LogP) is 6.32. The molecule has 6 nitrogen and oxygen atoms in total. The molecule has 3 aromatic carbocycles. The molecule has 0 spiro atoms. The number of carbonyl (C=O) groups is 2. The summed E-state index contributed by atoms with van der Waals surface area (Å²) < 4.78 is 0. The molecule has 1 atom stereocenters. The number of allylic oxidation sites excluding steroid dienone is 2. The second-order valence-electron chi connectivity index (χ2n) is 9.29. The molecule has 2 amide bonds. The highest BCUT2D eigenvalue weighted by molar-refractivity contribution is 8.03. The highest BCUT2D eigenvalue weighted by Crippen LogP contribution is 2.41. The van der Waals surface area contributed by atoms with Crippen molar-refractivity contribution in [3.63, 3.8) is 0 Å². The number of anilines is 2. The molecule has 4 rings (SSSR count). The van der Waals surface area contributed by atoms with E-state index in [-0.39, 0.29) is 17.6 Å². The summed E-state index contributed by atoms with van der Waals surface area (Å²) in [5.41, 5.74) is 6.83. The van der Waals surface area contributed by atoms with Crippen molar-refractivity contribution in [1.29, 1.82) is 5.26 Å². The Balaban J connectivity index is 1.62. The Morgan fingerprint density at radius 1 is 0.895 bits per heavy atom. The van der Waals surface area contributed by atoms with Gasteiger partial charge >= 0.3 is 0 Å². The standard InChI is InChI=1S/C31H30N4O2S/c1-19-14-15-21(3)26(16-19)34-27(36)18-38-31-24(17-32)29(23-11-6-5-7-12-23)28(22(4)33-31)30(37)35-25-13-9-8-10-20(25)2/h5-16,29,33H,18H2,1-4H3,(H,34,36)(H,35,37)/t29-/m1/s1. The van der Waals surface area contributed by atoms with Gasteiger partial charge < -0.3 is 16.0 Å². The van der Waals surface area contributed by atoms with E-state index in [4.69, 9.17) is 0 Å². The summed E-state index contributed by atoms with van der Waals surface area (Å²) in [4.78, 5) is 26.4. The van der Waals surface area contributed by atoms with Gasteiger partial charge in [0.05, 0.1) is 28.3 Å². The Morgan fingerprint density at radius 3 is 2.29 bits per heavy atom. The van der Waals surface area contributed by atoms with Crippen LogP contribution in [0, 0.1) is 32.1 Å². The number of nitrogens with one attached hydrogen (secondary N) is 3. The van der Waals surface area contributed by atoms with Gasteiger partial charge in [-0.3, -0.25) is 9.59 Å². The molecule has 0 bridgehead atoms. The number of benzene rings is 3. The lowest BCUT2D eigenvalue weighted by atomic mass is 9.82. The first-order valence-electron chi connectivity index (χ1n) is 12.3. The van der Waals surface area contributed by atoms with E-state index < -0.39 is 5.92 Å². The number of aryl methyl sites for hydroxylation is 3. The minimum absolute atomic E-state index is 0.112. The van der Waals surface area contributed by atoms with Crippen molar-refractivity contribution in [3.05, 3.63) is 117 Å². The van der Waals surface area contributed by atoms with Crippen LogP contribution in [0.5, 0.6) is 0 Å². The Labute approximate surface area is 227 Å². The van der Waals surface area contributed by atoms with Crippen LogP contribution in [0.2, 0.25) is 0 Å². The molecule has 1 aliphatic rings. The normalized spacial score (nSPS) is 15.0. The van der Waals surface area contributed by atoms with Gasteiger partial charge in [0.1, 0.15) is 0 Å². The fourth-order valence-electron chi connectivity index (χ4n) is 4.40. The summed E-state index contributed by atoms with van der Waals surface area (Å²) in [6.07, 6.45) is 0. The van der Waals surface area contributed by atoms with Gasteiger partial charge in [-0.1, -0.05) is 72.4 Å². The highest BCUT2D eigenvalue weighted by atomic mass is 32.2. The van der Waals surface area contributed by atoms with E-state index in [1.54, 1.807) is 0 Å². The van der Waals surface area contributed by atoms with Gasteiger partial charge in [0.15, 0.2) is 0 Å². The number of para-hydroxylation sites is 1. The smallest absolute Gasteiger partial charge is 0.254 e. The quantitative estimate of drug-likeness (QED) is 0.338. The third-order valence-corrected chi connectivity index (χ3v) is 7.45. The first-order chi connectivity index (χ1) is 18.3. The third kappa shape index (κ3) is 5.99. The summed E-state index contributed by atoms with van der Waals surface area (Å²) in [6, 6.07) is 25.3. The van der Waals surface area contributed by atoms with Crippen molar-refractivity contribution in [2.75, 3.05) is 16.4 Å². The zero-order valence-corrected chi connectivity index (χ0v) is 22.7. The summed E-state index contributed by atoms with van der Waals surface area (Å²) in [5, 5.41) is 20.1. The van der Waals surface area contributed by atoms with E-state index in [1.807, 2.05) is 100 Å².